The number of carbonyl (C=O) groups is 1. The van der Waals surface area contributed by atoms with Crippen molar-refractivity contribution in [2.45, 2.75) is 62.5 Å². The van der Waals surface area contributed by atoms with Gasteiger partial charge in [0.15, 0.2) is 11.3 Å². The predicted octanol–water partition coefficient (Wildman–Crippen LogP) is 5.55. The van der Waals surface area contributed by atoms with Crippen molar-refractivity contribution >= 4 is 45.8 Å². The molecule has 1 saturated heterocycles. The highest BCUT2D eigenvalue weighted by molar-refractivity contribution is 7.91. The largest absolute Gasteiger partial charge is 0.609 e. The van der Waals surface area contributed by atoms with Gasteiger partial charge in [0.2, 0.25) is 0 Å². The molecule has 3 heterocycles. The molecule has 7 nitrogen and oxygen atoms in total. The Morgan fingerprint density at radius 2 is 1.89 bits per heavy atom. The fourth-order valence-electron chi connectivity index (χ4n) is 5.47. The average molecular weight is 516 g/mol. The summed E-state index contributed by atoms with van der Waals surface area (Å²) in [6.07, 6.45) is 8.62. The Kier molecular flexibility index (Phi) is 6.23. The number of anilines is 1. The zero-order chi connectivity index (χ0) is 24.0. The van der Waals surface area contributed by atoms with Crippen LogP contribution in [0, 0.1) is 11.3 Å². The summed E-state index contributed by atoms with van der Waals surface area (Å²) in [5, 5.41) is 4.22. The van der Waals surface area contributed by atoms with Crippen LogP contribution in [-0.4, -0.2) is 40.3 Å². The SMILES string of the molecule is O=C(NC1CCC2(CC1)CCN(c1nc3cc(Cl)ccc3o1)CC2)c1ccc([S+]([O-])CC2CC2)o1. The van der Waals surface area contributed by atoms with Crippen LogP contribution < -0.4 is 10.2 Å². The van der Waals surface area contributed by atoms with Gasteiger partial charge in [-0.2, -0.15) is 4.98 Å². The molecule has 9 heteroatoms. The second kappa shape index (κ2) is 9.37. The summed E-state index contributed by atoms with van der Waals surface area (Å²) in [6, 6.07) is 9.68. The highest BCUT2D eigenvalue weighted by atomic mass is 35.5. The van der Waals surface area contributed by atoms with E-state index in [0.29, 0.717) is 33.2 Å². The van der Waals surface area contributed by atoms with Crippen molar-refractivity contribution in [1.82, 2.24) is 10.3 Å². The monoisotopic (exact) mass is 515 g/mol. The second-order valence-corrected chi connectivity index (χ2v) is 12.3. The average Bonchev–Trinajstić information content (AvgIpc) is 3.36. The first-order valence-electron chi connectivity index (χ1n) is 12.6. The highest BCUT2D eigenvalue weighted by Gasteiger charge is 2.39. The van der Waals surface area contributed by atoms with Gasteiger partial charge in [0.05, 0.1) is 0 Å². The van der Waals surface area contributed by atoms with Crippen LogP contribution in [0.1, 0.15) is 61.9 Å². The number of rotatable bonds is 6. The Morgan fingerprint density at radius 1 is 1.11 bits per heavy atom. The Balaban J connectivity index is 0.997. The number of hydrogen-bond donors (Lipinski definition) is 1. The van der Waals surface area contributed by atoms with Crippen molar-refractivity contribution < 1.29 is 18.2 Å². The zero-order valence-electron chi connectivity index (χ0n) is 19.6. The van der Waals surface area contributed by atoms with Gasteiger partial charge in [-0.25, -0.2) is 0 Å². The molecule has 35 heavy (non-hydrogen) atoms. The molecule has 0 radical (unpaired) electrons. The van der Waals surface area contributed by atoms with Crippen molar-refractivity contribution in [2.24, 2.45) is 11.3 Å². The van der Waals surface area contributed by atoms with Gasteiger partial charge in [-0.05, 0) is 81.0 Å². The van der Waals surface area contributed by atoms with Gasteiger partial charge in [-0.1, -0.05) is 11.6 Å². The lowest BCUT2D eigenvalue weighted by atomic mass is 9.67. The first kappa shape index (κ1) is 23.3. The Bertz CT molecular complexity index is 1200. The molecule has 2 aromatic heterocycles. The van der Waals surface area contributed by atoms with Crippen LogP contribution in [0.3, 0.4) is 0 Å². The van der Waals surface area contributed by atoms with E-state index in [0.717, 1.165) is 75.6 Å². The third kappa shape index (κ3) is 5.06. The molecule has 2 aliphatic carbocycles. The van der Waals surface area contributed by atoms with E-state index < -0.39 is 11.2 Å². The molecule has 1 atom stereocenters. The first-order chi connectivity index (χ1) is 17.0. The summed E-state index contributed by atoms with van der Waals surface area (Å²) < 4.78 is 23.9. The molecule has 1 unspecified atom stereocenters. The van der Waals surface area contributed by atoms with E-state index in [9.17, 15) is 9.35 Å². The van der Waals surface area contributed by atoms with E-state index in [4.69, 9.17) is 20.4 Å². The number of benzene rings is 1. The maximum Gasteiger partial charge on any atom is 0.311 e. The number of aromatic nitrogens is 1. The second-order valence-electron chi connectivity index (χ2n) is 10.4. The van der Waals surface area contributed by atoms with Crippen LogP contribution in [0.15, 0.2) is 44.3 Å². The maximum atomic E-state index is 12.7. The first-order valence-corrected chi connectivity index (χ1v) is 14.3. The van der Waals surface area contributed by atoms with Crippen LogP contribution in [0.4, 0.5) is 6.01 Å². The molecular formula is C26H30ClN3O4S. The molecule has 1 spiro atoms. The topological polar surface area (TPSA) is 94.6 Å². The van der Waals surface area contributed by atoms with Crippen molar-refractivity contribution in [3.63, 3.8) is 0 Å². The summed E-state index contributed by atoms with van der Waals surface area (Å²) in [7, 11) is 0. The molecule has 1 N–H and O–H groups in total. The van der Waals surface area contributed by atoms with E-state index in [1.54, 1.807) is 12.1 Å². The van der Waals surface area contributed by atoms with Crippen LogP contribution in [0.5, 0.6) is 0 Å². The van der Waals surface area contributed by atoms with Gasteiger partial charge in [0, 0.05) is 47.3 Å². The summed E-state index contributed by atoms with van der Waals surface area (Å²) in [5.74, 6) is 1.25. The number of nitrogens with zero attached hydrogens (tertiary/aromatic N) is 2. The minimum atomic E-state index is -1.15. The van der Waals surface area contributed by atoms with Crippen LogP contribution in [0.25, 0.3) is 11.1 Å². The molecule has 3 fully saturated rings. The van der Waals surface area contributed by atoms with Crippen LogP contribution in [0.2, 0.25) is 5.02 Å². The maximum absolute atomic E-state index is 12.7. The van der Waals surface area contributed by atoms with E-state index in [1.807, 2.05) is 18.2 Å². The van der Waals surface area contributed by atoms with E-state index in [1.165, 1.54) is 0 Å². The highest BCUT2D eigenvalue weighted by Crippen LogP contribution is 2.45. The lowest BCUT2D eigenvalue weighted by molar-refractivity contribution is 0.0835. The van der Waals surface area contributed by atoms with Gasteiger partial charge in [-0.15, -0.1) is 0 Å². The quantitative estimate of drug-likeness (QED) is 0.432. The Hall–Kier alpha value is -2.16. The number of amides is 1. The van der Waals surface area contributed by atoms with E-state index in [2.05, 4.69) is 15.2 Å². The molecule has 1 aromatic carbocycles. The molecule has 6 rings (SSSR count). The Labute approximate surface area is 212 Å². The van der Waals surface area contributed by atoms with Crippen molar-refractivity contribution in [3.8, 4) is 0 Å². The standard InChI is InChI=1S/C26H30ClN3O4S/c27-18-3-4-21-20(15-18)29-25(34-21)30-13-11-26(12-14-30)9-7-19(8-10-26)28-24(31)22-5-6-23(33-22)35(32)16-17-1-2-17/h3-6,15,17,19H,1-2,7-14,16H2,(H,28,31). The third-order valence-electron chi connectivity index (χ3n) is 7.93. The number of halogens is 1. The van der Waals surface area contributed by atoms with Gasteiger partial charge in [0.1, 0.15) is 11.3 Å². The number of oxazole rings is 1. The number of carbonyl (C=O) groups excluding carboxylic acids is 1. The molecule has 2 saturated carbocycles. The fourth-order valence-corrected chi connectivity index (χ4v) is 6.97. The number of nitrogens with one attached hydrogen (secondary N) is 1. The van der Waals surface area contributed by atoms with Gasteiger partial charge in [-0.3, -0.25) is 4.79 Å². The van der Waals surface area contributed by atoms with Gasteiger partial charge < -0.3 is 23.6 Å². The van der Waals surface area contributed by atoms with Crippen molar-refractivity contribution in [2.75, 3.05) is 23.7 Å². The van der Waals surface area contributed by atoms with Crippen molar-refractivity contribution in [3.05, 3.63) is 41.1 Å². The van der Waals surface area contributed by atoms with Gasteiger partial charge >= 0.3 is 5.09 Å². The molecule has 3 aromatic rings. The number of fused-ring (bicyclic) bond motifs is 1. The summed E-state index contributed by atoms with van der Waals surface area (Å²) in [6.45, 7) is 1.84. The van der Waals surface area contributed by atoms with Gasteiger partial charge in [0.25, 0.3) is 11.9 Å². The van der Waals surface area contributed by atoms with E-state index in [-0.39, 0.29) is 17.7 Å². The molecule has 186 valence electrons. The number of piperidine rings is 1. The smallest absolute Gasteiger partial charge is 0.311 e. The molecule has 1 aliphatic heterocycles. The number of furan rings is 1. The summed E-state index contributed by atoms with van der Waals surface area (Å²) >= 11 is 4.93. The lowest BCUT2D eigenvalue weighted by Crippen LogP contribution is -2.45. The van der Waals surface area contributed by atoms with Crippen LogP contribution in [-0.2, 0) is 11.2 Å². The Morgan fingerprint density at radius 3 is 2.63 bits per heavy atom. The zero-order valence-corrected chi connectivity index (χ0v) is 21.2. The van der Waals surface area contributed by atoms with Crippen molar-refractivity contribution in [1.29, 1.82) is 0 Å². The molecule has 1 amide bonds. The van der Waals surface area contributed by atoms with Crippen LogP contribution >= 0.6 is 11.6 Å². The van der Waals surface area contributed by atoms with E-state index >= 15 is 0 Å². The minimum Gasteiger partial charge on any atom is -0.609 e. The predicted molar refractivity (Wildman–Crippen MR) is 135 cm³/mol. The minimum absolute atomic E-state index is 0.151. The summed E-state index contributed by atoms with van der Waals surface area (Å²) in [4.78, 5) is 19.6. The molecule has 3 aliphatic rings. The third-order valence-corrected chi connectivity index (χ3v) is 9.61. The summed E-state index contributed by atoms with van der Waals surface area (Å²) in [5.41, 5.74) is 1.88. The normalized spacial score (nSPS) is 21.5. The lowest BCUT2D eigenvalue weighted by Gasteiger charge is -2.45. The number of hydrogen-bond acceptors (Lipinski definition) is 6. The molecular weight excluding hydrogens is 486 g/mol. The molecule has 0 bridgehead atoms. The fraction of sp³-hybridized carbons (Fsp3) is 0.538.